The highest BCUT2D eigenvalue weighted by molar-refractivity contribution is 5.28. The second-order valence-corrected chi connectivity index (χ2v) is 4.08. The van der Waals surface area contributed by atoms with E-state index in [1.54, 1.807) is 12.1 Å². The van der Waals surface area contributed by atoms with Crippen molar-refractivity contribution >= 4 is 0 Å². The van der Waals surface area contributed by atoms with Crippen LogP contribution in [-0.4, -0.2) is 25.5 Å². The molecule has 0 fully saturated rings. The molecule has 0 radical (unpaired) electrons. The molecular formula is C11H17F2N3. The molecule has 0 aliphatic heterocycles. The van der Waals surface area contributed by atoms with Gasteiger partial charge >= 0.3 is 0 Å². The van der Waals surface area contributed by atoms with Gasteiger partial charge in [0.15, 0.2) is 11.6 Å². The standard InChI is InChI=1S/C11H17F2N3/c1-7-4-5-8(11(13)10(7)12)9(15-14)6-16(2)3/h4-5,9,15H,6,14H2,1-3H3. The van der Waals surface area contributed by atoms with Gasteiger partial charge in [-0.05, 0) is 26.6 Å². The third-order valence-corrected chi connectivity index (χ3v) is 2.43. The molecule has 1 aromatic carbocycles. The van der Waals surface area contributed by atoms with Crippen LogP contribution in [0.1, 0.15) is 17.2 Å². The molecule has 3 nitrogen and oxygen atoms in total. The van der Waals surface area contributed by atoms with Crippen molar-refractivity contribution in [3.8, 4) is 0 Å². The fourth-order valence-electron chi connectivity index (χ4n) is 1.54. The van der Waals surface area contributed by atoms with Crippen molar-refractivity contribution in [3.63, 3.8) is 0 Å². The van der Waals surface area contributed by atoms with Crippen LogP contribution in [0, 0.1) is 18.6 Å². The molecule has 16 heavy (non-hydrogen) atoms. The first-order valence-corrected chi connectivity index (χ1v) is 5.02. The fraction of sp³-hybridized carbons (Fsp3) is 0.455. The zero-order valence-corrected chi connectivity index (χ0v) is 9.72. The number of hydrazine groups is 1. The molecule has 0 aromatic heterocycles. The molecule has 0 bridgehead atoms. The number of hydrogen-bond donors (Lipinski definition) is 2. The van der Waals surface area contributed by atoms with Crippen molar-refractivity contribution in [3.05, 3.63) is 34.9 Å². The average molecular weight is 229 g/mol. The van der Waals surface area contributed by atoms with Gasteiger partial charge in [-0.15, -0.1) is 0 Å². The lowest BCUT2D eigenvalue weighted by atomic mass is 10.0. The molecule has 90 valence electrons. The third-order valence-electron chi connectivity index (χ3n) is 2.43. The summed E-state index contributed by atoms with van der Waals surface area (Å²) in [7, 11) is 3.68. The molecule has 0 aliphatic rings. The van der Waals surface area contributed by atoms with Crippen molar-refractivity contribution in [2.75, 3.05) is 20.6 Å². The summed E-state index contributed by atoms with van der Waals surface area (Å²) in [5.74, 6) is 3.71. The Labute approximate surface area is 94.2 Å². The summed E-state index contributed by atoms with van der Waals surface area (Å²) >= 11 is 0. The van der Waals surface area contributed by atoms with E-state index in [4.69, 9.17) is 5.84 Å². The van der Waals surface area contributed by atoms with Gasteiger partial charge in [0.1, 0.15) is 0 Å². The highest BCUT2D eigenvalue weighted by atomic mass is 19.2. The van der Waals surface area contributed by atoms with E-state index < -0.39 is 17.7 Å². The predicted molar refractivity (Wildman–Crippen MR) is 59.7 cm³/mol. The average Bonchev–Trinajstić information content (AvgIpc) is 2.23. The Kier molecular flexibility index (Phi) is 4.35. The molecule has 1 atom stereocenters. The topological polar surface area (TPSA) is 41.3 Å². The Morgan fingerprint density at radius 3 is 2.44 bits per heavy atom. The van der Waals surface area contributed by atoms with E-state index in [2.05, 4.69) is 5.43 Å². The second-order valence-electron chi connectivity index (χ2n) is 4.08. The molecule has 3 N–H and O–H groups in total. The van der Waals surface area contributed by atoms with Gasteiger partial charge in [-0.25, -0.2) is 8.78 Å². The zero-order chi connectivity index (χ0) is 12.3. The summed E-state index contributed by atoms with van der Waals surface area (Å²) in [6.45, 7) is 2.02. The maximum Gasteiger partial charge on any atom is 0.163 e. The minimum absolute atomic E-state index is 0.249. The lowest BCUT2D eigenvalue weighted by molar-refractivity contribution is 0.335. The molecule has 1 aromatic rings. The molecule has 0 amide bonds. The monoisotopic (exact) mass is 229 g/mol. The predicted octanol–water partition coefficient (Wildman–Crippen LogP) is 1.34. The minimum Gasteiger partial charge on any atom is -0.307 e. The van der Waals surface area contributed by atoms with Crippen molar-refractivity contribution in [2.24, 2.45) is 5.84 Å². The van der Waals surface area contributed by atoms with E-state index >= 15 is 0 Å². The maximum absolute atomic E-state index is 13.7. The quantitative estimate of drug-likeness (QED) is 0.604. The van der Waals surface area contributed by atoms with Crippen LogP contribution in [0.3, 0.4) is 0 Å². The van der Waals surface area contributed by atoms with Crippen LogP contribution >= 0.6 is 0 Å². The summed E-state index contributed by atoms with van der Waals surface area (Å²) < 4.78 is 27.0. The van der Waals surface area contributed by atoms with Crippen LogP contribution in [-0.2, 0) is 0 Å². The Hall–Kier alpha value is -1.04. The molecule has 1 unspecified atom stereocenters. The molecule has 1 rings (SSSR count). The number of benzene rings is 1. The largest absolute Gasteiger partial charge is 0.307 e. The Morgan fingerprint density at radius 1 is 1.31 bits per heavy atom. The fourth-order valence-corrected chi connectivity index (χ4v) is 1.54. The number of nitrogens with zero attached hydrogens (tertiary/aromatic N) is 1. The van der Waals surface area contributed by atoms with Gasteiger partial charge in [-0.3, -0.25) is 11.3 Å². The van der Waals surface area contributed by atoms with Crippen LogP contribution in [0.2, 0.25) is 0 Å². The normalized spacial score (nSPS) is 13.2. The van der Waals surface area contributed by atoms with E-state index in [1.807, 2.05) is 19.0 Å². The number of rotatable bonds is 4. The Morgan fingerprint density at radius 2 is 1.94 bits per heavy atom. The number of nitrogens with one attached hydrogen (secondary N) is 1. The zero-order valence-electron chi connectivity index (χ0n) is 9.72. The molecule has 0 aliphatic carbocycles. The molecule has 0 saturated carbocycles. The minimum atomic E-state index is -0.829. The van der Waals surface area contributed by atoms with E-state index in [0.717, 1.165) is 0 Å². The van der Waals surface area contributed by atoms with Gasteiger partial charge < -0.3 is 4.90 Å². The first kappa shape index (κ1) is 13.0. The molecule has 0 heterocycles. The van der Waals surface area contributed by atoms with Crippen molar-refractivity contribution < 1.29 is 8.78 Å². The summed E-state index contributed by atoms with van der Waals surface area (Å²) in [5, 5.41) is 0. The van der Waals surface area contributed by atoms with E-state index in [9.17, 15) is 8.78 Å². The summed E-state index contributed by atoms with van der Waals surface area (Å²) in [5.41, 5.74) is 3.03. The number of nitrogens with two attached hydrogens (primary N) is 1. The van der Waals surface area contributed by atoms with Gasteiger partial charge in [0.25, 0.3) is 0 Å². The lowest BCUT2D eigenvalue weighted by Crippen LogP contribution is -2.36. The smallest absolute Gasteiger partial charge is 0.163 e. The van der Waals surface area contributed by atoms with E-state index in [-0.39, 0.29) is 5.56 Å². The van der Waals surface area contributed by atoms with E-state index in [1.165, 1.54) is 6.92 Å². The van der Waals surface area contributed by atoms with Crippen molar-refractivity contribution in [2.45, 2.75) is 13.0 Å². The number of likely N-dealkylation sites (N-methyl/N-ethyl adjacent to an activating group) is 1. The highest BCUT2D eigenvalue weighted by Crippen LogP contribution is 2.21. The van der Waals surface area contributed by atoms with Crippen LogP contribution in [0.4, 0.5) is 8.78 Å². The first-order valence-electron chi connectivity index (χ1n) is 5.02. The Balaban J connectivity index is 3.06. The van der Waals surface area contributed by atoms with E-state index in [0.29, 0.717) is 12.1 Å². The van der Waals surface area contributed by atoms with Crippen molar-refractivity contribution in [1.29, 1.82) is 0 Å². The van der Waals surface area contributed by atoms with Gasteiger partial charge in [0, 0.05) is 12.1 Å². The van der Waals surface area contributed by atoms with Gasteiger partial charge in [-0.1, -0.05) is 12.1 Å². The van der Waals surface area contributed by atoms with Crippen LogP contribution < -0.4 is 11.3 Å². The van der Waals surface area contributed by atoms with Gasteiger partial charge in [0.05, 0.1) is 6.04 Å². The number of hydrogen-bond acceptors (Lipinski definition) is 3. The molecule has 0 spiro atoms. The number of halogens is 2. The summed E-state index contributed by atoms with van der Waals surface area (Å²) in [6.07, 6.45) is 0. The Bertz CT molecular complexity index is 366. The maximum atomic E-state index is 13.7. The summed E-state index contributed by atoms with van der Waals surface area (Å²) in [4.78, 5) is 1.85. The van der Waals surface area contributed by atoms with Crippen molar-refractivity contribution in [1.82, 2.24) is 10.3 Å². The molecular weight excluding hydrogens is 212 g/mol. The van der Waals surface area contributed by atoms with Crippen LogP contribution in [0.5, 0.6) is 0 Å². The van der Waals surface area contributed by atoms with Crippen LogP contribution in [0.15, 0.2) is 12.1 Å². The molecule has 0 saturated heterocycles. The van der Waals surface area contributed by atoms with Gasteiger partial charge in [-0.2, -0.15) is 0 Å². The molecule has 5 heteroatoms. The first-order chi connectivity index (χ1) is 7.47. The lowest BCUT2D eigenvalue weighted by Gasteiger charge is -2.21. The SMILES string of the molecule is Cc1ccc(C(CN(C)C)NN)c(F)c1F. The summed E-state index contributed by atoms with van der Waals surface area (Å²) in [6, 6.07) is 2.68. The highest BCUT2D eigenvalue weighted by Gasteiger charge is 2.18. The van der Waals surface area contributed by atoms with Gasteiger partial charge in [0.2, 0.25) is 0 Å². The number of aryl methyl sites for hydroxylation is 1. The second kappa shape index (κ2) is 5.34. The van der Waals surface area contributed by atoms with Crippen LogP contribution in [0.25, 0.3) is 0 Å². The third kappa shape index (κ3) is 2.75.